The van der Waals surface area contributed by atoms with E-state index in [1.54, 1.807) is 36.4 Å². The van der Waals surface area contributed by atoms with Gasteiger partial charge in [-0.05, 0) is 31.2 Å². The molecule has 0 aromatic heterocycles. The summed E-state index contributed by atoms with van der Waals surface area (Å²) in [5, 5.41) is 5.41. The summed E-state index contributed by atoms with van der Waals surface area (Å²) in [5.41, 5.74) is 2.30. The van der Waals surface area contributed by atoms with Crippen molar-refractivity contribution in [1.29, 1.82) is 0 Å². The van der Waals surface area contributed by atoms with Gasteiger partial charge in [-0.2, -0.15) is 0 Å². The Balaban J connectivity index is 1.39. The SMILES string of the molecule is Cc1cccc(C(=O)NCCNC(=O)CCN2C(=O)c3ccccc3C2=O)c1. The van der Waals surface area contributed by atoms with Gasteiger partial charge in [0.15, 0.2) is 0 Å². The molecule has 4 amide bonds. The van der Waals surface area contributed by atoms with Gasteiger partial charge in [0.25, 0.3) is 17.7 Å². The molecule has 28 heavy (non-hydrogen) atoms. The van der Waals surface area contributed by atoms with Crippen LogP contribution in [0.15, 0.2) is 48.5 Å². The predicted octanol–water partition coefficient (Wildman–Crippen LogP) is 1.53. The quantitative estimate of drug-likeness (QED) is 0.563. The van der Waals surface area contributed by atoms with Crippen LogP contribution in [0.4, 0.5) is 0 Å². The third kappa shape index (κ3) is 4.25. The number of aryl methyl sites for hydroxylation is 1. The topological polar surface area (TPSA) is 95.6 Å². The first-order chi connectivity index (χ1) is 13.5. The highest BCUT2D eigenvalue weighted by Gasteiger charge is 2.34. The van der Waals surface area contributed by atoms with Crippen molar-refractivity contribution in [3.05, 3.63) is 70.8 Å². The molecule has 2 aromatic carbocycles. The second kappa shape index (κ2) is 8.47. The van der Waals surface area contributed by atoms with E-state index in [0.29, 0.717) is 16.7 Å². The van der Waals surface area contributed by atoms with Gasteiger partial charge in [-0.25, -0.2) is 0 Å². The van der Waals surface area contributed by atoms with E-state index in [-0.39, 0.29) is 49.7 Å². The van der Waals surface area contributed by atoms with Gasteiger partial charge in [0.05, 0.1) is 11.1 Å². The number of benzene rings is 2. The Morgan fingerprint density at radius 2 is 1.54 bits per heavy atom. The summed E-state index contributed by atoms with van der Waals surface area (Å²) in [6, 6.07) is 13.8. The van der Waals surface area contributed by atoms with Gasteiger partial charge in [0.2, 0.25) is 5.91 Å². The van der Waals surface area contributed by atoms with Crippen molar-refractivity contribution in [2.24, 2.45) is 0 Å². The summed E-state index contributed by atoms with van der Waals surface area (Å²) in [5.74, 6) is -1.25. The second-order valence-corrected chi connectivity index (χ2v) is 6.53. The monoisotopic (exact) mass is 379 g/mol. The molecule has 3 rings (SSSR count). The third-order valence-electron chi connectivity index (χ3n) is 4.45. The molecule has 7 heteroatoms. The summed E-state index contributed by atoms with van der Waals surface area (Å²) in [6.45, 7) is 2.48. The Bertz CT molecular complexity index is 904. The highest BCUT2D eigenvalue weighted by atomic mass is 16.2. The average Bonchev–Trinajstić information content (AvgIpc) is 2.94. The lowest BCUT2D eigenvalue weighted by Crippen LogP contribution is -2.37. The molecule has 1 aliphatic rings. The van der Waals surface area contributed by atoms with E-state index in [4.69, 9.17) is 0 Å². The fourth-order valence-electron chi connectivity index (χ4n) is 3.01. The number of carbonyl (C=O) groups excluding carboxylic acids is 4. The largest absolute Gasteiger partial charge is 0.354 e. The zero-order valence-electron chi connectivity index (χ0n) is 15.5. The molecular formula is C21H21N3O4. The molecule has 0 saturated heterocycles. The fourth-order valence-corrected chi connectivity index (χ4v) is 3.01. The smallest absolute Gasteiger partial charge is 0.261 e. The lowest BCUT2D eigenvalue weighted by atomic mass is 10.1. The van der Waals surface area contributed by atoms with Crippen molar-refractivity contribution < 1.29 is 19.2 Å². The van der Waals surface area contributed by atoms with Gasteiger partial charge >= 0.3 is 0 Å². The first kappa shape index (κ1) is 19.3. The molecule has 0 radical (unpaired) electrons. The summed E-state index contributed by atoms with van der Waals surface area (Å²) in [7, 11) is 0. The first-order valence-corrected chi connectivity index (χ1v) is 9.04. The summed E-state index contributed by atoms with van der Waals surface area (Å²) in [6.07, 6.45) is 0.0112. The molecule has 0 bridgehead atoms. The Morgan fingerprint density at radius 3 is 2.18 bits per heavy atom. The standard InChI is InChI=1S/C21H21N3O4/c1-14-5-4-6-15(13-14)19(26)23-11-10-22-18(25)9-12-24-20(27)16-7-2-3-8-17(16)21(24)28/h2-8,13H,9-12H2,1H3,(H,22,25)(H,23,26). The molecule has 7 nitrogen and oxygen atoms in total. The lowest BCUT2D eigenvalue weighted by Gasteiger charge is -2.13. The molecule has 2 aromatic rings. The number of nitrogens with one attached hydrogen (secondary N) is 2. The van der Waals surface area contributed by atoms with Crippen molar-refractivity contribution in [3.8, 4) is 0 Å². The van der Waals surface area contributed by atoms with Crippen LogP contribution in [-0.2, 0) is 4.79 Å². The maximum atomic E-state index is 12.2. The van der Waals surface area contributed by atoms with Crippen LogP contribution in [-0.4, -0.2) is 48.2 Å². The molecule has 144 valence electrons. The van der Waals surface area contributed by atoms with Gasteiger partial charge in [-0.15, -0.1) is 0 Å². The number of rotatable bonds is 7. The maximum absolute atomic E-state index is 12.2. The van der Waals surface area contributed by atoms with Crippen LogP contribution in [0.3, 0.4) is 0 Å². The predicted molar refractivity (Wildman–Crippen MR) is 103 cm³/mol. The number of nitrogens with zero attached hydrogens (tertiary/aromatic N) is 1. The average molecular weight is 379 g/mol. The van der Waals surface area contributed by atoms with Crippen LogP contribution in [0, 0.1) is 6.92 Å². The molecule has 0 fully saturated rings. The third-order valence-corrected chi connectivity index (χ3v) is 4.45. The summed E-state index contributed by atoms with van der Waals surface area (Å²) in [4.78, 5) is 49.6. The number of fused-ring (bicyclic) bond motifs is 1. The van der Waals surface area contributed by atoms with E-state index >= 15 is 0 Å². The van der Waals surface area contributed by atoms with Crippen molar-refractivity contribution in [3.63, 3.8) is 0 Å². The molecule has 0 unspecified atom stereocenters. The summed E-state index contributed by atoms with van der Waals surface area (Å²) < 4.78 is 0. The molecule has 0 atom stereocenters. The zero-order chi connectivity index (χ0) is 20.1. The number of hydrogen-bond acceptors (Lipinski definition) is 4. The number of carbonyl (C=O) groups is 4. The molecule has 0 saturated carbocycles. The second-order valence-electron chi connectivity index (χ2n) is 6.53. The summed E-state index contributed by atoms with van der Waals surface area (Å²) >= 11 is 0. The van der Waals surface area contributed by atoms with E-state index in [0.717, 1.165) is 10.5 Å². The number of amides is 4. The maximum Gasteiger partial charge on any atom is 0.261 e. The van der Waals surface area contributed by atoms with Crippen molar-refractivity contribution in [2.75, 3.05) is 19.6 Å². The first-order valence-electron chi connectivity index (χ1n) is 9.04. The van der Waals surface area contributed by atoms with Crippen molar-refractivity contribution >= 4 is 23.6 Å². The molecule has 2 N–H and O–H groups in total. The van der Waals surface area contributed by atoms with Gasteiger partial charge in [-0.1, -0.05) is 29.8 Å². The van der Waals surface area contributed by atoms with Gasteiger partial charge in [0, 0.05) is 31.6 Å². The van der Waals surface area contributed by atoms with Crippen LogP contribution in [0.1, 0.15) is 43.1 Å². The van der Waals surface area contributed by atoms with E-state index in [1.165, 1.54) is 0 Å². The van der Waals surface area contributed by atoms with Crippen LogP contribution in [0.5, 0.6) is 0 Å². The van der Waals surface area contributed by atoms with Crippen LogP contribution in [0.25, 0.3) is 0 Å². The zero-order valence-corrected chi connectivity index (χ0v) is 15.5. The lowest BCUT2D eigenvalue weighted by molar-refractivity contribution is -0.121. The van der Waals surface area contributed by atoms with Gasteiger partial charge in [0.1, 0.15) is 0 Å². The Hall–Kier alpha value is -3.48. The molecule has 0 spiro atoms. The van der Waals surface area contributed by atoms with E-state index < -0.39 is 0 Å². The molecular weight excluding hydrogens is 358 g/mol. The Kier molecular flexibility index (Phi) is 5.84. The number of hydrogen-bond donors (Lipinski definition) is 2. The normalized spacial score (nSPS) is 12.7. The van der Waals surface area contributed by atoms with E-state index in [1.807, 2.05) is 19.1 Å². The van der Waals surface area contributed by atoms with Crippen molar-refractivity contribution in [2.45, 2.75) is 13.3 Å². The highest BCUT2D eigenvalue weighted by Crippen LogP contribution is 2.22. The van der Waals surface area contributed by atoms with Crippen LogP contribution < -0.4 is 10.6 Å². The van der Waals surface area contributed by atoms with Gasteiger partial charge in [-0.3, -0.25) is 24.1 Å². The van der Waals surface area contributed by atoms with Crippen molar-refractivity contribution in [1.82, 2.24) is 15.5 Å². The highest BCUT2D eigenvalue weighted by molar-refractivity contribution is 6.21. The minimum atomic E-state index is -0.376. The number of imide groups is 1. The van der Waals surface area contributed by atoms with Gasteiger partial charge < -0.3 is 10.6 Å². The fraction of sp³-hybridized carbons (Fsp3) is 0.238. The minimum absolute atomic E-state index is 0.0112. The Labute approximate surface area is 162 Å². The van der Waals surface area contributed by atoms with E-state index in [2.05, 4.69) is 10.6 Å². The Morgan fingerprint density at radius 1 is 0.893 bits per heavy atom. The molecule has 0 aliphatic carbocycles. The molecule has 1 aliphatic heterocycles. The van der Waals surface area contributed by atoms with Crippen LogP contribution >= 0.6 is 0 Å². The van der Waals surface area contributed by atoms with E-state index in [9.17, 15) is 19.2 Å². The molecule has 1 heterocycles. The van der Waals surface area contributed by atoms with Crippen LogP contribution in [0.2, 0.25) is 0 Å². The minimum Gasteiger partial charge on any atom is -0.354 e.